The average molecular weight is 373 g/mol. The van der Waals surface area contributed by atoms with Gasteiger partial charge < -0.3 is 22.5 Å². The molecule has 7 N–H and O–H groups in total. The first-order valence-electron chi connectivity index (χ1n) is 10.0. The van der Waals surface area contributed by atoms with Gasteiger partial charge in [-0.3, -0.25) is 4.79 Å². The van der Waals surface area contributed by atoms with Crippen LogP contribution in [0.2, 0.25) is 0 Å². The van der Waals surface area contributed by atoms with Gasteiger partial charge in [0.05, 0.1) is 12.1 Å². The third kappa shape index (κ3) is 3.85. The van der Waals surface area contributed by atoms with Crippen LogP contribution in [0.15, 0.2) is 0 Å². The summed E-state index contributed by atoms with van der Waals surface area (Å²) in [5, 5.41) is 3.69. The Hall–Kier alpha value is -0.360. The highest BCUT2D eigenvalue weighted by atomic mass is 35.5. The van der Waals surface area contributed by atoms with Crippen LogP contribution in [0.25, 0.3) is 0 Å². The number of alkyl halides is 1. The van der Waals surface area contributed by atoms with Crippen LogP contribution in [0.3, 0.4) is 0 Å². The van der Waals surface area contributed by atoms with E-state index in [4.69, 9.17) is 28.8 Å². The average Bonchev–Trinajstić information content (AvgIpc) is 2.55. The van der Waals surface area contributed by atoms with Gasteiger partial charge in [0.2, 0.25) is 5.91 Å². The molecule has 0 aromatic carbocycles. The molecule has 0 aromatic rings. The molecule has 2 rings (SSSR count). The summed E-state index contributed by atoms with van der Waals surface area (Å²) in [5.41, 5.74) is 18.1. The lowest BCUT2D eigenvalue weighted by molar-refractivity contribution is -0.135. The summed E-state index contributed by atoms with van der Waals surface area (Å²) >= 11 is 6.52. The molecule has 1 aliphatic heterocycles. The lowest BCUT2D eigenvalue weighted by Gasteiger charge is -2.62. The summed E-state index contributed by atoms with van der Waals surface area (Å²) in [6.07, 6.45) is 9.37. The van der Waals surface area contributed by atoms with E-state index in [1.807, 2.05) is 0 Å². The molecule has 1 spiro atoms. The summed E-state index contributed by atoms with van der Waals surface area (Å²) in [4.78, 5) is 12.3. The van der Waals surface area contributed by atoms with Crippen molar-refractivity contribution in [1.82, 2.24) is 5.32 Å². The molecule has 1 aliphatic carbocycles. The molecule has 6 heteroatoms. The van der Waals surface area contributed by atoms with Crippen LogP contribution >= 0.6 is 11.6 Å². The van der Waals surface area contributed by atoms with E-state index in [2.05, 4.69) is 19.2 Å². The van der Waals surface area contributed by atoms with Gasteiger partial charge in [-0.25, -0.2) is 0 Å². The predicted molar refractivity (Wildman–Crippen MR) is 104 cm³/mol. The van der Waals surface area contributed by atoms with Gasteiger partial charge in [0.25, 0.3) is 0 Å². The Labute approximate surface area is 157 Å². The van der Waals surface area contributed by atoms with Gasteiger partial charge >= 0.3 is 0 Å². The number of rotatable bonds is 6. The predicted octanol–water partition coefficient (Wildman–Crippen LogP) is 2.45. The van der Waals surface area contributed by atoms with Gasteiger partial charge in [0.15, 0.2) is 0 Å². The van der Waals surface area contributed by atoms with Gasteiger partial charge in [0, 0.05) is 18.0 Å². The van der Waals surface area contributed by atoms with Crippen molar-refractivity contribution in [1.29, 1.82) is 0 Å². The van der Waals surface area contributed by atoms with E-state index in [1.165, 1.54) is 12.8 Å². The van der Waals surface area contributed by atoms with E-state index in [0.717, 1.165) is 44.9 Å². The quantitative estimate of drug-likeness (QED) is 0.424. The van der Waals surface area contributed by atoms with Gasteiger partial charge in [0.1, 0.15) is 0 Å². The first-order valence-corrected chi connectivity index (χ1v) is 10.4. The Balaban J connectivity index is 2.52. The van der Waals surface area contributed by atoms with Crippen molar-refractivity contribution in [2.24, 2.45) is 33.9 Å². The summed E-state index contributed by atoms with van der Waals surface area (Å²) in [6.45, 7) is 5.23. The molecule has 1 heterocycles. The number of primary amides is 1. The summed E-state index contributed by atoms with van der Waals surface area (Å²) < 4.78 is 0. The second-order valence-electron chi connectivity index (χ2n) is 8.27. The van der Waals surface area contributed by atoms with Crippen LogP contribution in [-0.2, 0) is 4.79 Å². The summed E-state index contributed by atoms with van der Waals surface area (Å²) in [7, 11) is 0. The molecule has 5 nitrogen and oxygen atoms in total. The van der Waals surface area contributed by atoms with E-state index in [-0.39, 0.29) is 22.2 Å². The fourth-order valence-corrected chi connectivity index (χ4v) is 6.04. The Morgan fingerprint density at radius 1 is 1.24 bits per heavy atom. The maximum absolute atomic E-state index is 12.3. The first-order chi connectivity index (χ1) is 11.8. The summed E-state index contributed by atoms with van der Waals surface area (Å²) in [5.74, 6) is -0.962. The second-order valence-corrected chi connectivity index (χ2v) is 8.89. The lowest BCUT2D eigenvalue weighted by atomic mass is 9.45. The van der Waals surface area contributed by atoms with E-state index in [1.54, 1.807) is 0 Å². The van der Waals surface area contributed by atoms with Gasteiger partial charge in [-0.15, -0.1) is 11.6 Å². The number of carbonyl (C=O) groups excluding carboxylic acids is 1. The van der Waals surface area contributed by atoms with Crippen LogP contribution < -0.4 is 22.5 Å². The smallest absolute Gasteiger partial charge is 0.225 e. The summed E-state index contributed by atoms with van der Waals surface area (Å²) in [6, 6.07) is -0.0930. The van der Waals surface area contributed by atoms with Crippen LogP contribution in [0, 0.1) is 16.7 Å². The van der Waals surface area contributed by atoms with E-state index in [0.29, 0.717) is 6.54 Å². The standard InChI is InChI=1S/C19H37ClN4O/c1-3-8-18(4-2)9-5-7-13(20)12-24-15(19(18)10-6-11-19)14(16(21)22)17(23)25/h13-16,24H,3-12,21-22H2,1-2H3,(H2,23,25). The zero-order valence-corrected chi connectivity index (χ0v) is 16.7. The van der Waals surface area contributed by atoms with Crippen molar-refractivity contribution in [2.75, 3.05) is 6.54 Å². The number of halogens is 1. The maximum atomic E-state index is 12.3. The Morgan fingerprint density at radius 2 is 1.92 bits per heavy atom. The molecule has 2 aliphatic rings. The molecule has 4 unspecified atom stereocenters. The SMILES string of the molecule is CCCC1(CC)CCCC(Cl)CNC(C(C(N)=O)C(N)N)C12CCC2. The third-order valence-corrected chi connectivity index (χ3v) is 7.51. The largest absolute Gasteiger partial charge is 0.369 e. The molecule has 0 bridgehead atoms. The number of carbonyl (C=O) groups is 1. The zero-order valence-electron chi connectivity index (χ0n) is 15.9. The van der Waals surface area contributed by atoms with Crippen LogP contribution in [0.1, 0.15) is 71.6 Å². The highest BCUT2D eigenvalue weighted by Crippen LogP contribution is 2.63. The normalized spacial score (nSPS) is 34.0. The van der Waals surface area contributed by atoms with Gasteiger partial charge in [-0.05, 0) is 49.4 Å². The molecular weight excluding hydrogens is 336 g/mol. The Morgan fingerprint density at radius 3 is 2.36 bits per heavy atom. The minimum absolute atomic E-state index is 0.0371. The number of hydrogen-bond acceptors (Lipinski definition) is 4. The van der Waals surface area contributed by atoms with Crippen LogP contribution in [0.4, 0.5) is 0 Å². The lowest BCUT2D eigenvalue weighted by Crippen LogP contribution is -2.67. The highest BCUT2D eigenvalue weighted by Gasteiger charge is 2.59. The fourth-order valence-electron chi connectivity index (χ4n) is 5.80. The molecule has 4 atom stereocenters. The molecule has 146 valence electrons. The fraction of sp³-hybridized carbons (Fsp3) is 0.947. The van der Waals surface area contributed by atoms with E-state index >= 15 is 0 Å². The van der Waals surface area contributed by atoms with E-state index in [9.17, 15) is 4.79 Å². The van der Waals surface area contributed by atoms with Crippen molar-refractivity contribution in [3.8, 4) is 0 Å². The Kier molecular flexibility index (Phi) is 7.17. The van der Waals surface area contributed by atoms with Gasteiger partial charge in [-0.2, -0.15) is 0 Å². The third-order valence-electron chi connectivity index (χ3n) is 7.14. The van der Waals surface area contributed by atoms with Crippen LogP contribution in [0.5, 0.6) is 0 Å². The molecule has 2 fully saturated rings. The first kappa shape index (κ1) is 20.9. The highest BCUT2D eigenvalue weighted by molar-refractivity contribution is 6.20. The maximum Gasteiger partial charge on any atom is 0.225 e. The molecule has 1 amide bonds. The topological polar surface area (TPSA) is 107 Å². The minimum Gasteiger partial charge on any atom is -0.369 e. The van der Waals surface area contributed by atoms with Crippen molar-refractivity contribution < 1.29 is 4.79 Å². The van der Waals surface area contributed by atoms with Crippen molar-refractivity contribution in [2.45, 2.75) is 89.2 Å². The number of amides is 1. The second kappa shape index (κ2) is 8.55. The molecule has 0 aromatic heterocycles. The van der Waals surface area contributed by atoms with E-state index < -0.39 is 18.0 Å². The van der Waals surface area contributed by atoms with Gasteiger partial charge in [-0.1, -0.05) is 33.1 Å². The molecule has 0 radical (unpaired) electrons. The monoisotopic (exact) mass is 372 g/mol. The molecule has 1 saturated heterocycles. The number of nitrogens with two attached hydrogens (primary N) is 3. The number of nitrogens with one attached hydrogen (secondary N) is 1. The molecule has 1 saturated carbocycles. The van der Waals surface area contributed by atoms with Crippen molar-refractivity contribution >= 4 is 17.5 Å². The molecule has 25 heavy (non-hydrogen) atoms. The Bertz CT molecular complexity index is 455. The molecular formula is C19H37ClN4O. The van der Waals surface area contributed by atoms with Crippen molar-refractivity contribution in [3.05, 3.63) is 0 Å². The zero-order chi connectivity index (χ0) is 18.7. The number of hydrogen-bond donors (Lipinski definition) is 4. The van der Waals surface area contributed by atoms with Crippen molar-refractivity contribution in [3.63, 3.8) is 0 Å². The van der Waals surface area contributed by atoms with Crippen LogP contribution in [-0.4, -0.2) is 30.0 Å². The minimum atomic E-state index is -0.752.